The van der Waals surface area contributed by atoms with Crippen molar-refractivity contribution in [1.82, 2.24) is 5.32 Å². The zero-order valence-corrected chi connectivity index (χ0v) is 11.8. The molecule has 0 spiro atoms. The highest BCUT2D eigenvalue weighted by atomic mass is 16.4. The molecule has 2 aromatic rings. The molecule has 0 saturated carbocycles. The van der Waals surface area contributed by atoms with Crippen LogP contribution in [0.3, 0.4) is 0 Å². The molecular formula is C18H19NO2. The molecule has 0 amide bonds. The van der Waals surface area contributed by atoms with E-state index in [0.717, 1.165) is 18.5 Å². The Labute approximate surface area is 124 Å². The summed E-state index contributed by atoms with van der Waals surface area (Å²) in [6, 6.07) is 18.6. The molecule has 3 nitrogen and oxygen atoms in total. The van der Waals surface area contributed by atoms with E-state index in [1.807, 2.05) is 18.2 Å². The normalized spacial score (nSPS) is 21.9. The van der Waals surface area contributed by atoms with Gasteiger partial charge in [-0.3, -0.25) is 4.79 Å². The standard InChI is InChI=1S/C18H19NO2/c20-18(21)17-12-19-11-10-16(17)15-8-6-14(7-9-15)13-4-2-1-3-5-13/h1-9,16-17,19H,10-12H2,(H,20,21). The number of hydrogen-bond donors (Lipinski definition) is 2. The highest BCUT2D eigenvalue weighted by molar-refractivity contribution is 5.72. The van der Waals surface area contributed by atoms with Crippen LogP contribution in [0.15, 0.2) is 54.6 Å². The predicted octanol–water partition coefficient (Wildman–Crippen LogP) is 3.13. The van der Waals surface area contributed by atoms with Crippen molar-refractivity contribution in [2.75, 3.05) is 13.1 Å². The summed E-state index contributed by atoms with van der Waals surface area (Å²) >= 11 is 0. The van der Waals surface area contributed by atoms with Crippen LogP contribution in [0.4, 0.5) is 0 Å². The van der Waals surface area contributed by atoms with E-state index in [1.165, 1.54) is 11.1 Å². The first kappa shape index (κ1) is 13.8. The average molecular weight is 281 g/mol. The fraction of sp³-hybridized carbons (Fsp3) is 0.278. The maximum absolute atomic E-state index is 11.4. The summed E-state index contributed by atoms with van der Waals surface area (Å²) in [5.41, 5.74) is 3.48. The van der Waals surface area contributed by atoms with Gasteiger partial charge in [-0.2, -0.15) is 0 Å². The minimum Gasteiger partial charge on any atom is -0.481 e. The van der Waals surface area contributed by atoms with Gasteiger partial charge in [-0.15, -0.1) is 0 Å². The molecule has 1 heterocycles. The quantitative estimate of drug-likeness (QED) is 0.908. The third-order valence-electron chi connectivity index (χ3n) is 4.25. The van der Waals surface area contributed by atoms with Gasteiger partial charge in [-0.05, 0) is 35.6 Å². The molecule has 1 fully saturated rings. The van der Waals surface area contributed by atoms with E-state index in [1.54, 1.807) is 0 Å². The van der Waals surface area contributed by atoms with E-state index in [9.17, 15) is 9.90 Å². The monoisotopic (exact) mass is 281 g/mol. The second-order valence-electron chi connectivity index (χ2n) is 5.53. The Morgan fingerprint density at radius 3 is 2.33 bits per heavy atom. The lowest BCUT2D eigenvalue weighted by atomic mass is 9.81. The maximum atomic E-state index is 11.4. The molecule has 0 bridgehead atoms. The number of nitrogens with one attached hydrogen (secondary N) is 1. The zero-order chi connectivity index (χ0) is 14.7. The predicted molar refractivity (Wildman–Crippen MR) is 83.2 cm³/mol. The van der Waals surface area contributed by atoms with Gasteiger partial charge >= 0.3 is 5.97 Å². The van der Waals surface area contributed by atoms with E-state index < -0.39 is 5.97 Å². The molecule has 2 atom stereocenters. The molecule has 1 aliphatic rings. The van der Waals surface area contributed by atoms with Crippen molar-refractivity contribution in [3.05, 3.63) is 60.2 Å². The molecule has 108 valence electrons. The lowest BCUT2D eigenvalue weighted by Crippen LogP contribution is -2.39. The van der Waals surface area contributed by atoms with Gasteiger partial charge in [0.1, 0.15) is 0 Å². The minimum atomic E-state index is -0.709. The SMILES string of the molecule is O=C(O)C1CNCCC1c1ccc(-c2ccccc2)cc1. The summed E-state index contributed by atoms with van der Waals surface area (Å²) < 4.78 is 0. The fourth-order valence-electron chi connectivity index (χ4n) is 3.07. The average Bonchev–Trinajstić information content (AvgIpc) is 2.56. The van der Waals surface area contributed by atoms with Crippen molar-refractivity contribution in [3.8, 4) is 11.1 Å². The number of piperidine rings is 1. The summed E-state index contributed by atoms with van der Waals surface area (Å²) in [6.45, 7) is 1.44. The number of hydrogen-bond acceptors (Lipinski definition) is 2. The summed E-state index contributed by atoms with van der Waals surface area (Å²) in [5, 5.41) is 12.5. The second-order valence-corrected chi connectivity index (χ2v) is 5.53. The number of carboxylic acids is 1. The molecule has 2 N–H and O–H groups in total. The van der Waals surface area contributed by atoms with E-state index in [0.29, 0.717) is 6.54 Å². The molecule has 21 heavy (non-hydrogen) atoms. The van der Waals surface area contributed by atoms with Crippen LogP contribution in [0, 0.1) is 5.92 Å². The van der Waals surface area contributed by atoms with Gasteiger partial charge < -0.3 is 10.4 Å². The van der Waals surface area contributed by atoms with Crippen LogP contribution in [0.1, 0.15) is 17.9 Å². The lowest BCUT2D eigenvalue weighted by Gasteiger charge is -2.29. The molecule has 0 radical (unpaired) electrons. The summed E-state index contributed by atoms with van der Waals surface area (Å²) in [4.78, 5) is 11.4. The van der Waals surface area contributed by atoms with E-state index in [2.05, 4.69) is 41.7 Å². The second kappa shape index (κ2) is 6.10. The molecule has 1 aliphatic heterocycles. The van der Waals surface area contributed by atoms with Crippen LogP contribution >= 0.6 is 0 Å². The number of carbonyl (C=O) groups is 1. The van der Waals surface area contributed by atoms with Gasteiger partial charge in [-0.1, -0.05) is 54.6 Å². The highest BCUT2D eigenvalue weighted by Gasteiger charge is 2.31. The molecular weight excluding hydrogens is 262 g/mol. The van der Waals surface area contributed by atoms with Crippen molar-refractivity contribution in [2.45, 2.75) is 12.3 Å². The maximum Gasteiger partial charge on any atom is 0.308 e. The molecule has 2 unspecified atom stereocenters. The number of rotatable bonds is 3. The van der Waals surface area contributed by atoms with Gasteiger partial charge in [0.25, 0.3) is 0 Å². The number of aliphatic carboxylic acids is 1. The van der Waals surface area contributed by atoms with Crippen LogP contribution < -0.4 is 5.32 Å². The van der Waals surface area contributed by atoms with Gasteiger partial charge in [0.15, 0.2) is 0 Å². The third-order valence-corrected chi connectivity index (χ3v) is 4.25. The Kier molecular flexibility index (Phi) is 4.02. The number of carboxylic acid groups (broad SMARTS) is 1. The number of benzene rings is 2. The molecule has 0 aromatic heterocycles. The summed E-state index contributed by atoms with van der Waals surface area (Å²) in [7, 11) is 0. The van der Waals surface area contributed by atoms with E-state index >= 15 is 0 Å². The Hall–Kier alpha value is -2.13. The van der Waals surface area contributed by atoms with Crippen LogP contribution in [-0.4, -0.2) is 24.2 Å². The van der Waals surface area contributed by atoms with Crippen LogP contribution in [0.5, 0.6) is 0 Å². The minimum absolute atomic E-state index is 0.105. The van der Waals surface area contributed by atoms with Crippen LogP contribution in [0.25, 0.3) is 11.1 Å². The Bertz CT molecular complexity index is 607. The van der Waals surface area contributed by atoms with Gasteiger partial charge in [0.05, 0.1) is 5.92 Å². The Balaban J connectivity index is 1.85. The Morgan fingerprint density at radius 1 is 1.00 bits per heavy atom. The van der Waals surface area contributed by atoms with Gasteiger partial charge in [0.2, 0.25) is 0 Å². The van der Waals surface area contributed by atoms with Crippen molar-refractivity contribution < 1.29 is 9.90 Å². The highest BCUT2D eigenvalue weighted by Crippen LogP contribution is 2.32. The molecule has 0 aliphatic carbocycles. The first-order valence-corrected chi connectivity index (χ1v) is 7.34. The largest absolute Gasteiger partial charge is 0.481 e. The van der Waals surface area contributed by atoms with Crippen LogP contribution in [-0.2, 0) is 4.79 Å². The fourth-order valence-corrected chi connectivity index (χ4v) is 3.07. The smallest absolute Gasteiger partial charge is 0.308 e. The first-order chi connectivity index (χ1) is 10.3. The van der Waals surface area contributed by atoms with Gasteiger partial charge in [-0.25, -0.2) is 0 Å². The first-order valence-electron chi connectivity index (χ1n) is 7.34. The van der Waals surface area contributed by atoms with E-state index in [4.69, 9.17) is 0 Å². The molecule has 1 saturated heterocycles. The molecule has 3 heteroatoms. The van der Waals surface area contributed by atoms with E-state index in [-0.39, 0.29) is 11.8 Å². The topological polar surface area (TPSA) is 49.3 Å². The molecule has 2 aromatic carbocycles. The summed E-state index contributed by atoms with van der Waals surface area (Å²) in [5.74, 6) is -0.936. The Morgan fingerprint density at radius 2 is 1.67 bits per heavy atom. The molecule has 3 rings (SSSR count). The van der Waals surface area contributed by atoms with Gasteiger partial charge in [0, 0.05) is 6.54 Å². The van der Waals surface area contributed by atoms with Crippen molar-refractivity contribution in [3.63, 3.8) is 0 Å². The summed E-state index contributed by atoms with van der Waals surface area (Å²) in [6.07, 6.45) is 0.877. The zero-order valence-electron chi connectivity index (χ0n) is 11.8. The lowest BCUT2D eigenvalue weighted by molar-refractivity contribution is -0.142. The third kappa shape index (κ3) is 2.98. The van der Waals surface area contributed by atoms with Crippen LogP contribution in [0.2, 0.25) is 0 Å². The van der Waals surface area contributed by atoms with Crippen molar-refractivity contribution in [1.29, 1.82) is 0 Å². The van der Waals surface area contributed by atoms with Crippen molar-refractivity contribution >= 4 is 5.97 Å². The van der Waals surface area contributed by atoms with Crippen molar-refractivity contribution in [2.24, 2.45) is 5.92 Å².